The van der Waals surface area contributed by atoms with E-state index in [0.29, 0.717) is 47.2 Å². The molecular weight excluding hydrogens is 469 g/mol. The number of amides is 1. The van der Waals surface area contributed by atoms with Gasteiger partial charge in [0.25, 0.3) is 0 Å². The number of aromatic nitrogens is 1. The zero-order valence-electron chi connectivity index (χ0n) is 18.2. The van der Waals surface area contributed by atoms with Crippen LogP contribution in [0.3, 0.4) is 0 Å². The van der Waals surface area contributed by atoms with Crippen molar-refractivity contribution in [2.75, 3.05) is 31.1 Å². The highest BCUT2D eigenvalue weighted by Gasteiger charge is 2.28. The van der Waals surface area contributed by atoms with Crippen LogP contribution in [-0.4, -0.2) is 48.1 Å². The number of morpholine rings is 1. The van der Waals surface area contributed by atoms with Crippen molar-refractivity contribution in [3.05, 3.63) is 56.6 Å². The predicted octanol–water partition coefficient (Wildman–Crippen LogP) is 5.58. The van der Waals surface area contributed by atoms with Crippen LogP contribution in [0.4, 0.5) is 5.82 Å². The highest BCUT2D eigenvalue weighted by atomic mass is 35.5. The zero-order chi connectivity index (χ0) is 22.8. The molecule has 3 heterocycles. The molecule has 0 saturated carbocycles. The molecule has 1 aliphatic rings. The molecule has 0 spiro atoms. The van der Waals surface area contributed by atoms with Crippen molar-refractivity contribution >= 4 is 46.3 Å². The number of anilines is 1. The molecule has 170 valence electrons. The molecule has 32 heavy (non-hydrogen) atoms. The first-order valence-electron chi connectivity index (χ1n) is 10.4. The molecule has 2 aromatic heterocycles. The largest absolute Gasteiger partial charge is 0.438 e. The van der Waals surface area contributed by atoms with Crippen LogP contribution >= 0.6 is 34.5 Å². The van der Waals surface area contributed by atoms with Gasteiger partial charge in [0, 0.05) is 31.4 Å². The van der Waals surface area contributed by atoms with Crippen LogP contribution in [0, 0.1) is 13.8 Å². The van der Waals surface area contributed by atoms with E-state index >= 15 is 0 Å². The maximum atomic E-state index is 12.5. The second-order valence-electron chi connectivity index (χ2n) is 7.92. The number of aryl methyl sites for hydroxylation is 2. The van der Waals surface area contributed by atoms with Gasteiger partial charge in [-0.05, 0) is 43.7 Å². The van der Waals surface area contributed by atoms with Gasteiger partial charge in [-0.3, -0.25) is 14.6 Å². The number of oxazole rings is 1. The fraction of sp³-hybridized carbons (Fsp3) is 0.391. The van der Waals surface area contributed by atoms with Gasteiger partial charge >= 0.3 is 0 Å². The minimum absolute atomic E-state index is 0.0967. The Bertz CT molecular complexity index is 1110. The third kappa shape index (κ3) is 5.35. The third-order valence-electron chi connectivity index (χ3n) is 5.36. The van der Waals surface area contributed by atoms with Crippen molar-refractivity contribution in [1.29, 1.82) is 0 Å². The summed E-state index contributed by atoms with van der Waals surface area (Å²) in [4.78, 5) is 23.2. The number of rotatable bonds is 6. The standard InChI is InChI=1S/C23H25Cl2N3O3S/c1-14-4-7-21(32-14)23-26-22(15(2)31-23)28(16(3)29)13-18-12-27(8-9-30-18)11-17-5-6-19(24)20(25)10-17/h4-7,10,18H,8-9,11-13H2,1-3H3. The van der Waals surface area contributed by atoms with Crippen molar-refractivity contribution in [3.8, 4) is 10.8 Å². The topological polar surface area (TPSA) is 58.8 Å². The molecule has 1 aliphatic heterocycles. The number of thiophene rings is 1. The second-order valence-corrected chi connectivity index (χ2v) is 10.0. The maximum Gasteiger partial charge on any atom is 0.238 e. The second kappa shape index (κ2) is 9.93. The number of hydrogen-bond acceptors (Lipinski definition) is 6. The number of benzene rings is 1. The van der Waals surface area contributed by atoms with E-state index in [4.69, 9.17) is 32.4 Å². The van der Waals surface area contributed by atoms with E-state index in [1.807, 2.05) is 44.2 Å². The van der Waals surface area contributed by atoms with Crippen LogP contribution in [0.2, 0.25) is 10.0 Å². The molecule has 1 unspecified atom stereocenters. The van der Waals surface area contributed by atoms with Gasteiger partial charge in [0.2, 0.25) is 11.8 Å². The molecule has 3 aromatic rings. The van der Waals surface area contributed by atoms with Gasteiger partial charge in [-0.1, -0.05) is 29.3 Å². The molecule has 0 aliphatic carbocycles. The molecule has 0 bridgehead atoms. The Morgan fingerprint density at radius 2 is 2.06 bits per heavy atom. The van der Waals surface area contributed by atoms with Crippen LogP contribution in [0.15, 0.2) is 34.7 Å². The Hall–Kier alpha value is -1.90. The monoisotopic (exact) mass is 493 g/mol. The summed E-state index contributed by atoms with van der Waals surface area (Å²) in [5.41, 5.74) is 1.09. The van der Waals surface area contributed by atoms with Crippen molar-refractivity contribution in [3.63, 3.8) is 0 Å². The molecule has 1 fully saturated rings. The number of hydrogen-bond donors (Lipinski definition) is 0. The van der Waals surface area contributed by atoms with Gasteiger partial charge in [0.05, 0.1) is 34.2 Å². The van der Waals surface area contributed by atoms with E-state index in [1.165, 1.54) is 4.88 Å². The fourth-order valence-electron chi connectivity index (χ4n) is 3.79. The molecule has 1 saturated heterocycles. The Morgan fingerprint density at radius 1 is 1.25 bits per heavy atom. The summed E-state index contributed by atoms with van der Waals surface area (Å²) in [6.45, 7) is 8.65. The fourth-order valence-corrected chi connectivity index (χ4v) is 4.91. The van der Waals surface area contributed by atoms with Gasteiger partial charge < -0.3 is 9.15 Å². The van der Waals surface area contributed by atoms with E-state index in [2.05, 4.69) is 9.88 Å². The van der Waals surface area contributed by atoms with Crippen LogP contribution in [0.1, 0.15) is 23.1 Å². The summed E-state index contributed by atoms with van der Waals surface area (Å²) in [5, 5.41) is 1.10. The summed E-state index contributed by atoms with van der Waals surface area (Å²) in [7, 11) is 0. The van der Waals surface area contributed by atoms with Crippen LogP contribution in [-0.2, 0) is 16.1 Å². The Balaban J connectivity index is 1.46. The average Bonchev–Trinajstić information content (AvgIpc) is 3.34. The van der Waals surface area contributed by atoms with Crippen LogP contribution in [0.25, 0.3) is 10.8 Å². The van der Waals surface area contributed by atoms with Crippen LogP contribution < -0.4 is 4.90 Å². The first-order chi connectivity index (χ1) is 15.3. The third-order valence-corrected chi connectivity index (χ3v) is 7.09. The lowest BCUT2D eigenvalue weighted by Gasteiger charge is -2.35. The lowest BCUT2D eigenvalue weighted by Crippen LogP contribution is -2.48. The molecule has 0 N–H and O–H groups in total. The molecule has 1 aromatic carbocycles. The highest BCUT2D eigenvalue weighted by Crippen LogP contribution is 2.32. The Morgan fingerprint density at radius 3 is 2.75 bits per heavy atom. The molecule has 0 radical (unpaired) electrons. The molecule has 9 heteroatoms. The quantitative estimate of drug-likeness (QED) is 0.448. The highest BCUT2D eigenvalue weighted by molar-refractivity contribution is 7.15. The van der Waals surface area contributed by atoms with E-state index < -0.39 is 0 Å². The first kappa shape index (κ1) is 23.3. The molecule has 4 rings (SSSR count). The first-order valence-corrected chi connectivity index (χ1v) is 12.0. The van der Waals surface area contributed by atoms with Gasteiger partial charge in [-0.25, -0.2) is 0 Å². The van der Waals surface area contributed by atoms with Gasteiger partial charge in [0.1, 0.15) is 5.76 Å². The maximum absolute atomic E-state index is 12.5. The predicted molar refractivity (Wildman–Crippen MR) is 129 cm³/mol. The van der Waals surface area contributed by atoms with E-state index in [0.717, 1.165) is 23.5 Å². The summed E-state index contributed by atoms with van der Waals surface area (Å²) in [5.74, 6) is 1.60. The van der Waals surface area contributed by atoms with Crippen molar-refractivity contribution < 1.29 is 13.9 Å². The van der Waals surface area contributed by atoms with Crippen molar-refractivity contribution in [2.24, 2.45) is 0 Å². The zero-order valence-corrected chi connectivity index (χ0v) is 20.6. The summed E-state index contributed by atoms with van der Waals surface area (Å²) in [6.07, 6.45) is -0.140. The Labute approximate surface area is 201 Å². The number of halogens is 2. The van der Waals surface area contributed by atoms with E-state index in [9.17, 15) is 4.79 Å². The number of ether oxygens (including phenoxy) is 1. The summed E-state index contributed by atoms with van der Waals surface area (Å²) < 4.78 is 11.9. The number of carbonyl (C=O) groups is 1. The minimum Gasteiger partial charge on any atom is -0.438 e. The molecule has 6 nitrogen and oxygen atoms in total. The number of nitrogens with zero attached hydrogens (tertiary/aromatic N) is 3. The lowest BCUT2D eigenvalue weighted by molar-refractivity contribution is -0.117. The molecule has 1 atom stereocenters. The summed E-state index contributed by atoms with van der Waals surface area (Å²) >= 11 is 13.8. The van der Waals surface area contributed by atoms with Crippen molar-refractivity contribution in [2.45, 2.75) is 33.4 Å². The van der Waals surface area contributed by atoms with Gasteiger partial charge in [-0.15, -0.1) is 11.3 Å². The Kier molecular flexibility index (Phi) is 7.22. The molecule has 1 amide bonds. The minimum atomic E-state index is -0.140. The van der Waals surface area contributed by atoms with E-state index in [-0.39, 0.29) is 12.0 Å². The van der Waals surface area contributed by atoms with Crippen LogP contribution in [0.5, 0.6) is 0 Å². The SMILES string of the molecule is CC(=O)N(CC1CN(Cc2ccc(Cl)c(Cl)c2)CCO1)c1nc(-c2ccc(C)s2)oc1C. The number of carbonyl (C=O) groups excluding carboxylic acids is 1. The van der Waals surface area contributed by atoms with Gasteiger partial charge in [0.15, 0.2) is 5.82 Å². The lowest BCUT2D eigenvalue weighted by atomic mass is 10.2. The average molecular weight is 494 g/mol. The normalized spacial score (nSPS) is 17.0. The van der Waals surface area contributed by atoms with E-state index in [1.54, 1.807) is 23.2 Å². The van der Waals surface area contributed by atoms with Gasteiger partial charge in [-0.2, -0.15) is 4.98 Å². The smallest absolute Gasteiger partial charge is 0.238 e. The molecular formula is C23H25Cl2N3O3S. The summed E-state index contributed by atoms with van der Waals surface area (Å²) in [6, 6.07) is 9.70. The van der Waals surface area contributed by atoms with Crippen molar-refractivity contribution in [1.82, 2.24) is 9.88 Å².